The number of sulfonamides is 1. The van der Waals surface area contributed by atoms with Crippen molar-refractivity contribution in [2.75, 3.05) is 29.9 Å². The van der Waals surface area contributed by atoms with Gasteiger partial charge in [0, 0.05) is 5.69 Å². The number of benzene rings is 2. The lowest BCUT2D eigenvalue weighted by Crippen LogP contribution is -2.16. The van der Waals surface area contributed by atoms with Gasteiger partial charge < -0.3 is 14.2 Å². The lowest BCUT2D eigenvalue weighted by Gasteiger charge is -2.14. The average Bonchev–Trinajstić information content (AvgIpc) is 2.70. The van der Waals surface area contributed by atoms with Crippen LogP contribution in [0.15, 0.2) is 47.4 Å². The number of anilines is 2. The number of hydrogen-bond acceptors (Lipinski definition) is 7. The lowest BCUT2D eigenvalue weighted by atomic mass is 10.2. The molecule has 0 bridgehead atoms. The van der Waals surface area contributed by atoms with Crippen molar-refractivity contribution in [3.05, 3.63) is 48.0 Å². The number of rotatable bonds is 9. The molecule has 2 N–H and O–H groups in total. The molecule has 0 aliphatic heterocycles. The minimum absolute atomic E-state index is 0.0905. The van der Waals surface area contributed by atoms with Gasteiger partial charge in [0.2, 0.25) is 0 Å². The second-order valence-electron chi connectivity index (χ2n) is 5.84. The SMILES string of the molecule is CCOC(=O)Nc1cc(S(=O)(=O)Nc2ccc(C(=O)OCC)cc2)ccc1OCC. The Morgan fingerprint density at radius 3 is 2.17 bits per heavy atom. The monoisotopic (exact) mass is 436 g/mol. The van der Waals surface area contributed by atoms with Crippen LogP contribution >= 0.6 is 0 Å². The molecular formula is C20H24N2O7S. The van der Waals surface area contributed by atoms with E-state index in [1.807, 2.05) is 0 Å². The molecule has 0 saturated carbocycles. The molecule has 2 aromatic rings. The van der Waals surface area contributed by atoms with Gasteiger partial charge >= 0.3 is 12.1 Å². The third kappa shape index (κ3) is 6.11. The minimum atomic E-state index is -3.97. The zero-order chi connectivity index (χ0) is 22.1. The number of carbonyl (C=O) groups is 2. The predicted molar refractivity (Wildman–Crippen MR) is 111 cm³/mol. The number of esters is 1. The number of nitrogens with one attached hydrogen (secondary N) is 2. The van der Waals surface area contributed by atoms with Crippen LogP contribution in [0.5, 0.6) is 5.75 Å². The van der Waals surface area contributed by atoms with Gasteiger partial charge in [-0.05, 0) is 63.2 Å². The van der Waals surface area contributed by atoms with E-state index in [-0.39, 0.29) is 29.5 Å². The van der Waals surface area contributed by atoms with Crippen molar-refractivity contribution in [3.8, 4) is 5.75 Å². The molecule has 0 unspecified atom stereocenters. The van der Waals surface area contributed by atoms with Crippen molar-refractivity contribution in [3.63, 3.8) is 0 Å². The second kappa shape index (κ2) is 10.5. The number of amides is 1. The number of hydrogen-bond donors (Lipinski definition) is 2. The Morgan fingerprint density at radius 2 is 1.57 bits per heavy atom. The Bertz CT molecular complexity index is 989. The van der Waals surface area contributed by atoms with Gasteiger partial charge in [-0.1, -0.05) is 0 Å². The molecule has 10 heteroatoms. The Labute approximate surface area is 175 Å². The Balaban J connectivity index is 2.26. The summed E-state index contributed by atoms with van der Waals surface area (Å²) in [7, 11) is -3.97. The Kier molecular flexibility index (Phi) is 8.05. The first-order valence-electron chi connectivity index (χ1n) is 9.31. The third-order valence-electron chi connectivity index (χ3n) is 3.72. The van der Waals surface area contributed by atoms with Crippen molar-refractivity contribution >= 4 is 33.5 Å². The van der Waals surface area contributed by atoms with E-state index in [2.05, 4.69) is 10.0 Å². The van der Waals surface area contributed by atoms with Crippen LogP contribution in [-0.4, -0.2) is 40.3 Å². The van der Waals surface area contributed by atoms with E-state index in [0.717, 1.165) is 0 Å². The molecule has 162 valence electrons. The van der Waals surface area contributed by atoms with E-state index in [0.29, 0.717) is 17.9 Å². The van der Waals surface area contributed by atoms with E-state index < -0.39 is 22.1 Å². The molecule has 0 radical (unpaired) electrons. The highest BCUT2D eigenvalue weighted by Crippen LogP contribution is 2.29. The van der Waals surface area contributed by atoms with E-state index in [9.17, 15) is 18.0 Å². The molecule has 0 fully saturated rings. The van der Waals surface area contributed by atoms with Crippen LogP contribution in [0.4, 0.5) is 16.2 Å². The molecule has 0 saturated heterocycles. The molecule has 1 amide bonds. The van der Waals surface area contributed by atoms with Crippen molar-refractivity contribution in [1.29, 1.82) is 0 Å². The van der Waals surface area contributed by atoms with Crippen molar-refractivity contribution < 1.29 is 32.2 Å². The highest BCUT2D eigenvalue weighted by Gasteiger charge is 2.19. The zero-order valence-corrected chi connectivity index (χ0v) is 17.7. The van der Waals surface area contributed by atoms with Crippen LogP contribution in [-0.2, 0) is 19.5 Å². The van der Waals surface area contributed by atoms with Crippen LogP contribution < -0.4 is 14.8 Å². The lowest BCUT2D eigenvalue weighted by molar-refractivity contribution is 0.0526. The third-order valence-corrected chi connectivity index (χ3v) is 5.10. The van der Waals surface area contributed by atoms with Crippen LogP contribution in [0, 0.1) is 0 Å². The van der Waals surface area contributed by atoms with E-state index >= 15 is 0 Å². The largest absolute Gasteiger partial charge is 0.492 e. The van der Waals surface area contributed by atoms with Gasteiger partial charge in [-0.25, -0.2) is 18.0 Å². The molecule has 0 spiro atoms. The van der Waals surface area contributed by atoms with Gasteiger partial charge in [0.25, 0.3) is 10.0 Å². The summed E-state index contributed by atoms with van der Waals surface area (Å²) in [5.74, 6) is -0.184. The summed E-state index contributed by atoms with van der Waals surface area (Å²) in [6.07, 6.45) is -0.726. The molecule has 2 aromatic carbocycles. The first-order chi connectivity index (χ1) is 14.3. The maximum Gasteiger partial charge on any atom is 0.411 e. The van der Waals surface area contributed by atoms with Crippen LogP contribution in [0.2, 0.25) is 0 Å². The quantitative estimate of drug-likeness (QED) is 0.576. The number of ether oxygens (including phenoxy) is 3. The average molecular weight is 436 g/mol. The minimum Gasteiger partial charge on any atom is -0.492 e. The molecule has 2 rings (SSSR count). The summed E-state index contributed by atoms with van der Waals surface area (Å²) < 4.78 is 43.1. The maximum absolute atomic E-state index is 12.8. The fourth-order valence-electron chi connectivity index (χ4n) is 2.44. The molecule has 0 heterocycles. The summed E-state index contributed by atoms with van der Waals surface area (Å²) in [6, 6.07) is 9.91. The summed E-state index contributed by atoms with van der Waals surface area (Å²) in [5.41, 5.74) is 0.731. The van der Waals surface area contributed by atoms with Gasteiger partial charge in [-0.15, -0.1) is 0 Å². The van der Waals surface area contributed by atoms with Gasteiger partial charge in [0.05, 0.1) is 36.0 Å². The topological polar surface area (TPSA) is 120 Å². The second-order valence-corrected chi connectivity index (χ2v) is 7.52. The van der Waals surface area contributed by atoms with Crippen LogP contribution in [0.3, 0.4) is 0 Å². The van der Waals surface area contributed by atoms with E-state index in [1.54, 1.807) is 20.8 Å². The van der Waals surface area contributed by atoms with E-state index in [1.165, 1.54) is 42.5 Å². The van der Waals surface area contributed by atoms with E-state index in [4.69, 9.17) is 14.2 Å². The van der Waals surface area contributed by atoms with Crippen molar-refractivity contribution in [2.24, 2.45) is 0 Å². The van der Waals surface area contributed by atoms with Crippen molar-refractivity contribution in [2.45, 2.75) is 25.7 Å². The van der Waals surface area contributed by atoms with Crippen LogP contribution in [0.1, 0.15) is 31.1 Å². The highest BCUT2D eigenvalue weighted by atomic mass is 32.2. The first kappa shape index (κ1) is 23.0. The molecule has 0 aliphatic rings. The molecule has 9 nitrogen and oxygen atoms in total. The highest BCUT2D eigenvalue weighted by molar-refractivity contribution is 7.92. The van der Waals surface area contributed by atoms with Gasteiger partial charge in [0.1, 0.15) is 5.75 Å². The van der Waals surface area contributed by atoms with Crippen LogP contribution in [0.25, 0.3) is 0 Å². The van der Waals surface area contributed by atoms with Gasteiger partial charge in [-0.3, -0.25) is 10.0 Å². The normalized spacial score (nSPS) is 10.8. The summed E-state index contributed by atoms with van der Waals surface area (Å²) in [6.45, 7) is 5.85. The zero-order valence-electron chi connectivity index (χ0n) is 16.9. The maximum atomic E-state index is 12.8. The summed E-state index contributed by atoms with van der Waals surface area (Å²) >= 11 is 0. The van der Waals surface area contributed by atoms with Gasteiger partial charge in [-0.2, -0.15) is 0 Å². The summed E-state index contributed by atoms with van der Waals surface area (Å²) in [5, 5.41) is 2.47. The van der Waals surface area contributed by atoms with Gasteiger partial charge in [0.15, 0.2) is 0 Å². The molecule has 0 aromatic heterocycles. The smallest absolute Gasteiger partial charge is 0.411 e. The molecule has 30 heavy (non-hydrogen) atoms. The van der Waals surface area contributed by atoms with Crippen molar-refractivity contribution in [1.82, 2.24) is 0 Å². The fourth-order valence-corrected chi connectivity index (χ4v) is 3.52. The summed E-state index contributed by atoms with van der Waals surface area (Å²) in [4.78, 5) is 23.4. The molecule has 0 atom stereocenters. The Hall–Kier alpha value is -3.27. The molecular weight excluding hydrogens is 412 g/mol. The number of carbonyl (C=O) groups excluding carboxylic acids is 2. The predicted octanol–water partition coefficient (Wildman–Crippen LogP) is 3.63. The molecule has 0 aliphatic carbocycles. The fraction of sp³-hybridized carbons (Fsp3) is 0.300. The first-order valence-corrected chi connectivity index (χ1v) is 10.8. The standard InChI is InChI=1S/C20H24N2O7S/c1-4-27-18-12-11-16(13-17(18)21-20(24)29-6-3)30(25,26)22-15-9-7-14(8-10-15)19(23)28-5-2/h7-13,22H,4-6H2,1-3H3,(H,21,24). The Morgan fingerprint density at radius 1 is 0.900 bits per heavy atom.